The van der Waals surface area contributed by atoms with Gasteiger partial charge in [-0.15, -0.1) is 0 Å². The van der Waals surface area contributed by atoms with Crippen LogP contribution in [0.4, 0.5) is 0 Å². The molecule has 0 atom stereocenters. The molecule has 0 heterocycles. The van der Waals surface area contributed by atoms with Crippen molar-refractivity contribution >= 4 is 25.1 Å². The van der Waals surface area contributed by atoms with Crippen LogP contribution in [0.3, 0.4) is 0 Å². The molecule has 0 saturated heterocycles. The molecule has 0 amide bonds. The topological polar surface area (TPSA) is 17.1 Å². The van der Waals surface area contributed by atoms with Gasteiger partial charge >= 0.3 is 18.9 Å². The Hall–Kier alpha value is 0.267. The predicted octanol–water partition coefficient (Wildman–Crippen LogP) is 1.51. The van der Waals surface area contributed by atoms with E-state index >= 15 is 0 Å². The van der Waals surface area contributed by atoms with Crippen molar-refractivity contribution in [3.8, 4) is 0 Å². The van der Waals surface area contributed by atoms with Crippen molar-refractivity contribution in [2.45, 2.75) is 38.5 Å². The van der Waals surface area contributed by atoms with Gasteiger partial charge in [-0.1, -0.05) is 32.1 Å². The third-order valence-corrected chi connectivity index (χ3v) is 2.15. The van der Waals surface area contributed by atoms with E-state index in [1.807, 2.05) is 0 Å². The summed E-state index contributed by atoms with van der Waals surface area (Å²) >= 11 is 0. The van der Waals surface area contributed by atoms with Gasteiger partial charge in [-0.2, -0.15) is 0 Å². The summed E-state index contributed by atoms with van der Waals surface area (Å²) in [5.74, 6) is 0.733. The van der Waals surface area contributed by atoms with Gasteiger partial charge in [0, 0.05) is 6.42 Å². The molecule has 1 saturated carbocycles. The molecule has 1 nitrogen and oxygen atoms in total. The average molecular weight is 134 g/mol. The van der Waals surface area contributed by atoms with Crippen molar-refractivity contribution in [2.75, 3.05) is 0 Å². The molecular formula is C8H15LiO. The Balaban J connectivity index is 0.000000810. The molecule has 0 radical (unpaired) electrons. The molecule has 0 bridgehead atoms. The Morgan fingerprint density at radius 3 is 2.30 bits per heavy atom. The summed E-state index contributed by atoms with van der Waals surface area (Å²) < 4.78 is 0. The first-order valence-electron chi connectivity index (χ1n) is 3.87. The monoisotopic (exact) mass is 134 g/mol. The van der Waals surface area contributed by atoms with Gasteiger partial charge < -0.3 is 4.79 Å². The van der Waals surface area contributed by atoms with Crippen LogP contribution in [0.5, 0.6) is 0 Å². The molecule has 54 valence electrons. The summed E-state index contributed by atoms with van der Waals surface area (Å²) in [5, 5.41) is 0. The minimum absolute atomic E-state index is 0. The normalized spacial score (nSPS) is 19.6. The predicted molar refractivity (Wildman–Crippen MR) is 44.4 cm³/mol. The van der Waals surface area contributed by atoms with E-state index in [0.717, 1.165) is 18.6 Å². The van der Waals surface area contributed by atoms with Crippen molar-refractivity contribution in [1.82, 2.24) is 0 Å². The first-order valence-corrected chi connectivity index (χ1v) is 3.87. The summed E-state index contributed by atoms with van der Waals surface area (Å²) in [4.78, 5) is 10.1. The molecule has 0 aromatic rings. The van der Waals surface area contributed by atoms with Crippen LogP contribution in [0.15, 0.2) is 0 Å². The minimum atomic E-state index is 0. The molecule has 10 heavy (non-hydrogen) atoms. The van der Waals surface area contributed by atoms with Crippen LogP contribution in [0.2, 0.25) is 0 Å². The summed E-state index contributed by atoms with van der Waals surface area (Å²) in [6.45, 7) is 0. The van der Waals surface area contributed by atoms with E-state index < -0.39 is 0 Å². The van der Waals surface area contributed by atoms with E-state index in [1.165, 1.54) is 32.1 Å². The Labute approximate surface area is 74.7 Å². The van der Waals surface area contributed by atoms with Crippen molar-refractivity contribution in [3.63, 3.8) is 0 Å². The zero-order chi connectivity index (χ0) is 6.53. The van der Waals surface area contributed by atoms with Gasteiger partial charge in [-0.3, -0.25) is 0 Å². The molecular weight excluding hydrogens is 119 g/mol. The average Bonchev–Trinajstić information content (AvgIpc) is 1.91. The molecule has 0 N–H and O–H groups in total. The summed E-state index contributed by atoms with van der Waals surface area (Å²) in [6.07, 6.45) is 8.53. The van der Waals surface area contributed by atoms with E-state index in [9.17, 15) is 4.79 Å². The van der Waals surface area contributed by atoms with Crippen LogP contribution in [-0.4, -0.2) is 25.1 Å². The van der Waals surface area contributed by atoms with E-state index in [1.54, 1.807) is 0 Å². The van der Waals surface area contributed by atoms with Gasteiger partial charge in [0.2, 0.25) is 0 Å². The van der Waals surface area contributed by atoms with E-state index in [-0.39, 0.29) is 18.9 Å². The van der Waals surface area contributed by atoms with Crippen molar-refractivity contribution < 1.29 is 4.79 Å². The van der Waals surface area contributed by atoms with Crippen molar-refractivity contribution in [2.24, 2.45) is 5.92 Å². The van der Waals surface area contributed by atoms with Crippen molar-refractivity contribution in [1.29, 1.82) is 0 Å². The van der Waals surface area contributed by atoms with E-state index in [0.29, 0.717) is 0 Å². The fourth-order valence-corrected chi connectivity index (χ4v) is 1.56. The van der Waals surface area contributed by atoms with Crippen LogP contribution in [0.1, 0.15) is 38.5 Å². The summed E-state index contributed by atoms with van der Waals surface area (Å²) in [7, 11) is 0. The first-order chi connectivity index (χ1) is 4.43. The number of hydrogen-bond donors (Lipinski definition) is 0. The summed E-state index contributed by atoms with van der Waals surface area (Å²) in [5.41, 5.74) is 0. The molecule has 1 aliphatic rings. The number of carbonyl (C=O) groups is 1. The van der Waals surface area contributed by atoms with Gasteiger partial charge in [-0.25, -0.2) is 0 Å². The Morgan fingerprint density at radius 2 is 1.80 bits per heavy atom. The molecule has 1 aliphatic carbocycles. The molecule has 0 aromatic carbocycles. The third kappa shape index (κ3) is 3.44. The van der Waals surface area contributed by atoms with Crippen LogP contribution in [0.25, 0.3) is 0 Å². The number of rotatable bonds is 2. The van der Waals surface area contributed by atoms with Gasteiger partial charge in [-0.05, 0) is 5.92 Å². The molecule has 2 heteroatoms. The van der Waals surface area contributed by atoms with Crippen LogP contribution < -0.4 is 0 Å². The second-order valence-electron chi connectivity index (χ2n) is 2.91. The number of aldehydes is 1. The molecule has 0 unspecified atom stereocenters. The third-order valence-electron chi connectivity index (χ3n) is 2.15. The Kier molecular flexibility index (Phi) is 6.17. The van der Waals surface area contributed by atoms with Crippen LogP contribution in [-0.2, 0) is 4.79 Å². The van der Waals surface area contributed by atoms with E-state index in [2.05, 4.69) is 0 Å². The fraction of sp³-hybridized carbons (Fsp3) is 0.875. The van der Waals surface area contributed by atoms with E-state index in [4.69, 9.17) is 0 Å². The zero-order valence-electron chi connectivity index (χ0n) is 5.81. The molecule has 0 aromatic heterocycles. The standard InChI is InChI=1S/C8H14O.Li.H/c9-7-6-8-4-2-1-3-5-8;;/h7-8H,1-6H2;;. The number of carbonyl (C=O) groups excluding carboxylic acids is 1. The van der Waals surface area contributed by atoms with Gasteiger partial charge in [0.15, 0.2) is 0 Å². The molecule has 0 spiro atoms. The molecule has 1 rings (SSSR count). The Morgan fingerprint density at radius 1 is 1.20 bits per heavy atom. The number of hydrogen-bond acceptors (Lipinski definition) is 1. The maximum absolute atomic E-state index is 10.1. The van der Waals surface area contributed by atoms with Crippen LogP contribution in [0, 0.1) is 5.92 Å². The van der Waals surface area contributed by atoms with Crippen molar-refractivity contribution in [3.05, 3.63) is 0 Å². The molecule has 0 aliphatic heterocycles. The quantitative estimate of drug-likeness (QED) is 0.413. The molecule has 1 fully saturated rings. The second-order valence-corrected chi connectivity index (χ2v) is 2.91. The zero-order valence-corrected chi connectivity index (χ0v) is 5.81. The summed E-state index contributed by atoms with van der Waals surface area (Å²) in [6, 6.07) is 0. The fourth-order valence-electron chi connectivity index (χ4n) is 1.56. The van der Waals surface area contributed by atoms with Gasteiger partial charge in [0.1, 0.15) is 6.29 Å². The Bertz CT molecular complexity index is 87.3. The SMILES string of the molecule is O=CCC1CCCCC1.[LiH]. The second kappa shape index (κ2) is 6.01. The first kappa shape index (κ1) is 10.3. The van der Waals surface area contributed by atoms with Gasteiger partial charge in [0.05, 0.1) is 0 Å². The maximum atomic E-state index is 10.1. The van der Waals surface area contributed by atoms with Crippen LogP contribution >= 0.6 is 0 Å². The van der Waals surface area contributed by atoms with Gasteiger partial charge in [0.25, 0.3) is 0 Å².